The van der Waals surface area contributed by atoms with E-state index < -0.39 is 0 Å². The topological polar surface area (TPSA) is 63.0 Å². The van der Waals surface area contributed by atoms with Crippen molar-refractivity contribution in [3.8, 4) is 0 Å². The molecule has 6 heteroatoms. The Morgan fingerprint density at radius 1 is 0.879 bits per heavy atom. The summed E-state index contributed by atoms with van der Waals surface area (Å²) in [5.74, 6) is 0.396. The minimum absolute atomic E-state index is 0.000690. The van der Waals surface area contributed by atoms with Gasteiger partial charge in [0, 0.05) is 12.6 Å². The highest BCUT2D eigenvalue weighted by atomic mass is 16.5. The van der Waals surface area contributed by atoms with Gasteiger partial charge in [-0.3, -0.25) is 9.59 Å². The summed E-state index contributed by atoms with van der Waals surface area (Å²) in [5.41, 5.74) is 2.16. The molecule has 33 heavy (non-hydrogen) atoms. The van der Waals surface area contributed by atoms with E-state index in [0.29, 0.717) is 25.5 Å². The third-order valence-electron chi connectivity index (χ3n) is 5.38. The molecule has 2 amide bonds. The van der Waals surface area contributed by atoms with Gasteiger partial charge >= 0.3 is 0 Å². The van der Waals surface area contributed by atoms with Crippen molar-refractivity contribution in [2.45, 2.75) is 39.5 Å². The molecule has 6 nitrogen and oxygen atoms in total. The molecule has 3 aromatic rings. The van der Waals surface area contributed by atoms with Crippen LogP contribution >= 0.6 is 0 Å². The Morgan fingerprint density at radius 3 is 2.15 bits per heavy atom. The Morgan fingerprint density at radius 2 is 1.55 bits per heavy atom. The van der Waals surface area contributed by atoms with Gasteiger partial charge in [0.25, 0.3) is 0 Å². The molecule has 0 aliphatic heterocycles. The number of ether oxygens (including phenoxy) is 1. The summed E-state index contributed by atoms with van der Waals surface area (Å²) in [7, 11) is 0. The largest absolute Gasteiger partial charge is 0.467 e. The molecule has 0 radical (unpaired) electrons. The van der Waals surface area contributed by atoms with Gasteiger partial charge in [-0.25, -0.2) is 0 Å². The first-order chi connectivity index (χ1) is 16.0. The second-order valence-corrected chi connectivity index (χ2v) is 8.22. The van der Waals surface area contributed by atoms with E-state index in [1.54, 1.807) is 16.1 Å². The summed E-state index contributed by atoms with van der Waals surface area (Å²) < 4.78 is 11.1. The lowest BCUT2D eigenvalue weighted by molar-refractivity contribution is -0.145. The average molecular weight is 449 g/mol. The lowest BCUT2D eigenvalue weighted by Gasteiger charge is -2.30. The molecule has 0 saturated carbocycles. The summed E-state index contributed by atoms with van der Waals surface area (Å²) in [4.78, 5) is 29.4. The third kappa shape index (κ3) is 7.91. The monoisotopic (exact) mass is 448 g/mol. The van der Waals surface area contributed by atoms with Crippen LogP contribution in [0.3, 0.4) is 0 Å². The van der Waals surface area contributed by atoms with Crippen molar-refractivity contribution in [1.29, 1.82) is 0 Å². The lowest BCUT2D eigenvalue weighted by Crippen LogP contribution is -2.47. The van der Waals surface area contributed by atoms with Crippen molar-refractivity contribution >= 4 is 11.8 Å². The Labute approximate surface area is 195 Å². The predicted octanol–water partition coefficient (Wildman–Crippen LogP) is 4.30. The molecule has 0 unspecified atom stereocenters. The molecule has 1 heterocycles. The molecule has 1 aromatic heterocycles. The molecule has 2 aromatic carbocycles. The lowest BCUT2D eigenvalue weighted by atomic mass is 10.1. The Hall–Kier alpha value is -3.38. The molecule has 0 aliphatic carbocycles. The first-order valence-corrected chi connectivity index (χ1v) is 11.3. The number of hydrogen-bond acceptors (Lipinski definition) is 4. The summed E-state index contributed by atoms with van der Waals surface area (Å²) in [6.45, 7) is 5.00. The number of rotatable bonds is 12. The molecule has 174 valence electrons. The van der Waals surface area contributed by atoms with Crippen LogP contribution in [0, 0.1) is 0 Å². The maximum absolute atomic E-state index is 13.3. The van der Waals surface area contributed by atoms with Crippen molar-refractivity contribution in [2.24, 2.45) is 0 Å². The van der Waals surface area contributed by atoms with E-state index >= 15 is 0 Å². The maximum Gasteiger partial charge on any atom is 0.249 e. The number of hydrogen-bond donors (Lipinski definition) is 0. The van der Waals surface area contributed by atoms with Crippen LogP contribution in [-0.4, -0.2) is 47.4 Å². The summed E-state index contributed by atoms with van der Waals surface area (Å²) >= 11 is 0. The zero-order valence-corrected chi connectivity index (χ0v) is 19.4. The third-order valence-corrected chi connectivity index (χ3v) is 5.38. The van der Waals surface area contributed by atoms with E-state index in [1.807, 2.05) is 86.6 Å². The molecular weight excluding hydrogens is 416 g/mol. The van der Waals surface area contributed by atoms with E-state index in [-0.39, 0.29) is 31.0 Å². The number of carbonyl (C=O) groups excluding carboxylic acids is 2. The van der Waals surface area contributed by atoms with Crippen LogP contribution in [0.25, 0.3) is 0 Å². The van der Waals surface area contributed by atoms with Crippen molar-refractivity contribution in [3.05, 3.63) is 95.9 Å². The Bertz CT molecular complexity index is 972. The van der Waals surface area contributed by atoms with Gasteiger partial charge in [-0.1, -0.05) is 60.7 Å². The second-order valence-electron chi connectivity index (χ2n) is 8.22. The van der Waals surface area contributed by atoms with Gasteiger partial charge in [-0.15, -0.1) is 0 Å². The van der Waals surface area contributed by atoms with Crippen molar-refractivity contribution in [2.75, 3.05) is 19.7 Å². The van der Waals surface area contributed by atoms with Gasteiger partial charge in [0.1, 0.15) is 18.9 Å². The van der Waals surface area contributed by atoms with E-state index in [1.165, 1.54) is 0 Å². The Kier molecular flexibility index (Phi) is 9.27. The maximum atomic E-state index is 13.3. The highest BCUT2D eigenvalue weighted by Crippen LogP contribution is 2.11. The van der Waals surface area contributed by atoms with Crippen LogP contribution < -0.4 is 0 Å². The number of benzene rings is 2. The molecule has 0 aliphatic rings. The molecule has 0 atom stereocenters. The highest BCUT2D eigenvalue weighted by molar-refractivity contribution is 5.85. The molecule has 0 N–H and O–H groups in total. The van der Waals surface area contributed by atoms with E-state index in [0.717, 1.165) is 17.5 Å². The number of nitrogens with zero attached hydrogens (tertiary/aromatic N) is 2. The molecular formula is C27H32N2O4. The van der Waals surface area contributed by atoms with Crippen LogP contribution in [0.15, 0.2) is 83.5 Å². The van der Waals surface area contributed by atoms with Gasteiger partial charge < -0.3 is 19.0 Å². The number of amides is 2. The van der Waals surface area contributed by atoms with Crippen LogP contribution in [0.5, 0.6) is 0 Å². The highest BCUT2D eigenvalue weighted by Gasteiger charge is 2.24. The first-order valence-electron chi connectivity index (χ1n) is 11.3. The SMILES string of the molecule is CC(C)N(CC(=O)N(CCc1ccccc1)Cc1ccco1)C(=O)COCc1ccccc1. The van der Waals surface area contributed by atoms with Gasteiger partial charge in [-0.05, 0) is 43.5 Å². The van der Waals surface area contributed by atoms with Crippen LogP contribution in [-0.2, 0) is 33.9 Å². The molecule has 0 saturated heterocycles. The minimum Gasteiger partial charge on any atom is -0.467 e. The summed E-state index contributed by atoms with van der Waals surface area (Å²) in [6.07, 6.45) is 2.33. The fraction of sp³-hybridized carbons (Fsp3) is 0.333. The number of carbonyl (C=O) groups is 2. The van der Waals surface area contributed by atoms with Gasteiger partial charge in [0.2, 0.25) is 11.8 Å². The predicted molar refractivity (Wildman–Crippen MR) is 127 cm³/mol. The number of furan rings is 1. The fourth-order valence-corrected chi connectivity index (χ4v) is 3.51. The normalized spacial score (nSPS) is 10.9. The van der Waals surface area contributed by atoms with Crippen molar-refractivity contribution in [1.82, 2.24) is 9.80 Å². The van der Waals surface area contributed by atoms with E-state index in [2.05, 4.69) is 0 Å². The van der Waals surface area contributed by atoms with Gasteiger partial charge in [0.05, 0.1) is 19.4 Å². The fourth-order valence-electron chi connectivity index (χ4n) is 3.51. The second kappa shape index (κ2) is 12.6. The zero-order valence-electron chi connectivity index (χ0n) is 19.4. The smallest absolute Gasteiger partial charge is 0.249 e. The van der Waals surface area contributed by atoms with Crippen molar-refractivity contribution < 1.29 is 18.7 Å². The molecule has 0 spiro atoms. The van der Waals surface area contributed by atoms with E-state index in [9.17, 15) is 9.59 Å². The van der Waals surface area contributed by atoms with Gasteiger partial charge in [-0.2, -0.15) is 0 Å². The summed E-state index contributed by atoms with van der Waals surface area (Å²) in [5, 5.41) is 0. The minimum atomic E-state index is -0.199. The van der Waals surface area contributed by atoms with Gasteiger partial charge in [0.15, 0.2) is 0 Å². The van der Waals surface area contributed by atoms with Crippen LogP contribution in [0.4, 0.5) is 0 Å². The van der Waals surface area contributed by atoms with Crippen LogP contribution in [0.2, 0.25) is 0 Å². The first kappa shape index (κ1) is 24.3. The quantitative estimate of drug-likeness (QED) is 0.414. The molecule has 0 fully saturated rings. The van der Waals surface area contributed by atoms with Crippen molar-refractivity contribution in [3.63, 3.8) is 0 Å². The molecule has 3 rings (SSSR count). The Balaban J connectivity index is 1.60. The summed E-state index contributed by atoms with van der Waals surface area (Å²) in [6, 6.07) is 23.3. The zero-order chi connectivity index (χ0) is 23.5. The molecule has 0 bridgehead atoms. The standard InChI is InChI=1S/C27H32N2O4/c1-22(2)29(27(31)21-32-20-24-12-7-4-8-13-24)19-26(30)28(18-25-14-9-17-33-25)16-15-23-10-5-3-6-11-23/h3-14,17,22H,15-16,18-21H2,1-2H3. The van der Waals surface area contributed by atoms with E-state index in [4.69, 9.17) is 9.15 Å². The average Bonchev–Trinajstić information content (AvgIpc) is 3.34. The van der Waals surface area contributed by atoms with Crippen LogP contribution in [0.1, 0.15) is 30.7 Å².